The van der Waals surface area contributed by atoms with Crippen molar-refractivity contribution in [3.63, 3.8) is 0 Å². The highest BCUT2D eigenvalue weighted by Crippen LogP contribution is 2.31. The minimum atomic E-state index is 0.856. The Bertz CT molecular complexity index is 545. The van der Waals surface area contributed by atoms with Gasteiger partial charge in [0.05, 0.1) is 0 Å². The fourth-order valence-corrected chi connectivity index (χ4v) is 4.22. The first-order valence-corrected chi connectivity index (χ1v) is 10.1. The third-order valence-corrected chi connectivity index (χ3v) is 5.85. The van der Waals surface area contributed by atoms with Crippen LogP contribution in [-0.4, -0.2) is 11.4 Å². The van der Waals surface area contributed by atoms with Crippen LogP contribution in [0.15, 0.2) is 60.7 Å². The summed E-state index contributed by atoms with van der Waals surface area (Å²) in [7, 11) is 0. The predicted molar refractivity (Wildman–Crippen MR) is 107 cm³/mol. The van der Waals surface area contributed by atoms with Gasteiger partial charge in [-0.05, 0) is 35.9 Å². The summed E-state index contributed by atoms with van der Waals surface area (Å²) < 4.78 is 0. The van der Waals surface area contributed by atoms with Crippen LogP contribution in [0.1, 0.15) is 56.6 Å². The van der Waals surface area contributed by atoms with E-state index >= 15 is 0 Å². The van der Waals surface area contributed by atoms with Gasteiger partial charge in [0.1, 0.15) is 0 Å². The topological polar surface area (TPSA) is 3.24 Å². The second-order valence-electron chi connectivity index (χ2n) is 7.85. The van der Waals surface area contributed by atoms with E-state index in [-0.39, 0.29) is 0 Å². The second kappa shape index (κ2) is 9.77. The maximum atomic E-state index is 2.63. The highest BCUT2D eigenvalue weighted by molar-refractivity contribution is 5.17. The summed E-state index contributed by atoms with van der Waals surface area (Å²) in [6.45, 7) is 5.78. The van der Waals surface area contributed by atoms with Crippen LogP contribution in [0.2, 0.25) is 0 Å². The lowest BCUT2D eigenvalue weighted by atomic mass is 9.79. The van der Waals surface area contributed by atoms with Gasteiger partial charge in [-0.2, -0.15) is 0 Å². The smallest absolute Gasteiger partial charge is 0.0237 e. The van der Waals surface area contributed by atoms with Gasteiger partial charge in [-0.25, -0.2) is 0 Å². The molecule has 3 rings (SSSR count). The molecule has 0 spiro atoms. The maximum absolute atomic E-state index is 2.63. The first-order valence-electron chi connectivity index (χ1n) is 10.1. The number of rotatable bonds is 8. The zero-order chi connectivity index (χ0) is 17.3. The average Bonchev–Trinajstić information content (AvgIpc) is 2.68. The molecule has 0 saturated heterocycles. The quantitative estimate of drug-likeness (QED) is 0.547. The van der Waals surface area contributed by atoms with Crippen molar-refractivity contribution in [2.24, 2.45) is 11.8 Å². The molecule has 25 heavy (non-hydrogen) atoms. The Morgan fingerprint density at radius 3 is 1.84 bits per heavy atom. The fourth-order valence-electron chi connectivity index (χ4n) is 4.22. The Balaban J connectivity index is 1.59. The minimum Gasteiger partial charge on any atom is -0.295 e. The number of nitrogens with zero attached hydrogens (tertiary/aromatic N) is 1. The third-order valence-electron chi connectivity index (χ3n) is 5.85. The highest BCUT2D eigenvalue weighted by Gasteiger charge is 2.20. The molecule has 0 aromatic heterocycles. The van der Waals surface area contributed by atoms with Crippen LogP contribution < -0.4 is 0 Å². The lowest BCUT2D eigenvalue weighted by Crippen LogP contribution is -2.27. The van der Waals surface area contributed by atoms with Crippen molar-refractivity contribution in [3.8, 4) is 0 Å². The summed E-state index contributed by atoms with van der Waals surface area (Å²) in [4.78, 5) is 2.63. The van der Waals surface area contributed by atoms with E-state index in [1.54, 1.807) is 0 Å². The molecule has 1 aliphatic rings. The van der Waals surface area contributed by atoms with Crippen molar-refractivity contribution in [2.75, 3.05) is 6.54 Å². The van der Waals surface area contributed by atoms with Crippen LogP contribution in [0.3, 0.4) is 0 Å². The van der Waals surface area contributed by atoms with Gasteiger partial charge in [0, 0.05) is 13.1 Å². The first-order chi connectivity index (χ1) is 12.3. The van der Waals surface area contributed by atoms with E-state index in [0.29, 0.717) is 0 Å². The van der Waals surface area contributed by atoms with E-state index in [9.17, 15) is 0 Å². The minimum absolute atomic E-state index is 0.856. The monoisotopic (exact) mass is 335 g/mol. The summed E-state index contributed by atoms with van der Waals surface area (Å²) in [6, 6.07) is 21.8. The molecule has 1 aliphatic carbocycles. The first kappa shape index (κ1) is 18.2. The van der Waals surface area contributed by atoms with Gasteiger partial charge in [-0.3, -0.25) is 4.90 Å². The molecule has 0 aliphatic heterocycles. The average molecular weight is 336 g/mol. The molecule has 0 heterocycles. The predicted octanol–water partition coefficient (Wildman–Crippen LogP) is 6.30. The number of benzene rings is 2. The molecular weight excluding hydrogens is 302 g/mol. The maximum Gasteiger partial charge on any atom is 0.0237 e. The van der Waals surface area contributed by atoms with E-state index in [0.717, 1.165) is 24.9 Å². The molecular formula is C24H33N. The number of hydrogen-bond donors (Lipinski definition) is 0. The van der Waals surface area contributed by atoms with E-state index in [1.807, 2.05) is 0 Å². The van der Waals surface area contributed by atoms with Crippen LogP contribution in [0.4, 0.5) is 0 Å². The lowest BCUT2D eigenvalue weighted by molar-refractivity contribution is 0.195. The van der Waals surface area contributed by atoms with Gasteiger partial charge in [0.2, 0.25) is 0 Å². The fraction of sp³-hybridized carbons (Fsp3) is 0.500. The van der Waals surface area contributed by atoms with Crippen LogP contribution in [0.5, 0.6) is 0 Å². The molecule has 2 aromatic carbocycles. The Hall–Kier alpha value is -1.60. The van der Waals surface area contributed by atoms with Gasteiger partial charge < -0.3 is 0 Å². The normalized spacial score (nSPS) is 16.9. The van der Waals surface area contributed by atoms with Gasteiger partial charge >= 0.3 is 0 Å². The lowest BCUT2D eigenvalue weighted by Gasteiger charge is -2.30. The second-order valence-corrected chi connectivity index (χ2v) is 7.85. The van der Waals surface area contributed by atoms with Gasteiger partial charge in [-0.15, -0.1) is 0 Å². The Labute approximate surface area is 154 Å². The summed E-state index contributed by atoms with van der Waals surface area (Å²) in [5.41, 5.74) is 2.84. The van der Waals surface area contributed by atoms with Gasteiger partial charge in [-0.1, -0.05) is 99.7 Å². The van der Waals surface area contributed by atoms with E-state index in [2.05, 4.69) is 72.5 Å². The SMILES string of the molecule is CC(CCN(Cc1ccccc1)Cc1ccccc1)C1CCCCC1. The molecule has 0 bridgehead atoms. The van der Waals surface area contributed by atoms with Crippen molar-refractivity contribution in [3.05, 3.63) is 71.8 Å². The molecule has 1 unspecified atom stereocenters. The van der Waals surface area contributed by atoms with Crippen LogP contribution in [0.25, 0.3) is 0 Å². The third kappa shape index (κ3) is 6.01. The van der Waals surface area contributed by atoms with Crippen LogP contribution in [0, 0.1) is 11.8 Å². The molecule has 0 radical (unpaired) electrons. The molecule has 2 aromatic rings. The van der Waals surface area contributed by atoms with E-state index in [1.165, 1.54) is 56.2 Å². The van der Waals surface area contributed by atoms with Gasteiger partial charge in [0.25, 0.3) is 0 Å². The molecule has 1 fully saturated rings. The van der Waals surface area contributed by atoms with Crippen molar-refractivity contribution < 1.29 is 0 Å². The Morgan fingerprint density at radius 2 is 1.32 bits per heavy atom. The van der Waals surface area contributed by atoms with Gasteiger partial charge in [0.15, 0.2) is 0 Å². The molecule has 134 valence electrons. The molecule has 1 heteroatoms. The highest BCUT2D eigenvalue weighted by atomic mass is 15.1. The largest absolute Gasteiger partial charge is 0.295 e. The van der Waals surface area contributed by atoms with Crippen molar-refractivity contribution in [2.45, 2.75) is 58.5 Å². The number of hydrogen-bond acceptors (Lipinski definition) is 1. The summed E-state index contributed by atoms with van der Waals surface area (Å²) in [5.74, 6) is 1.82. The van der Waals surface area contributed by atoms with E-state index < -0.39 is 0 Å². The zero-order valence-electron chi connectivity index (χ0n) is 15.7. The zero-order valence-corrected chi connectivity index (χ0v) is 15.7. The van der Waals surface area contributed by atoms with Crippen molar-refractivity contribution in [1.29, 1.82) is 0 Å². The molecule has 1 saturated carbocycles. The van der Waals surface area contributed by atoms with Crippen molar-refractivity contribution >= 4 is 0 Å². The Kier molecular flexibility index (Phi) is 7.11. The summed E-state index contributed by atoms with van der Waals surface area (Å²) in [5, 5.41) is 0. The summed E-state index contributed by atoms with van der Waals surface area (Å²) in [6.07, 6.45) is 8.60. The van der Waals surface area contributed by atoms with Crippen LogP contribution >= 0.6 is 0 Å². The Morgan fingerprint density at radius 1 is 0.800 bits per heavy atom. The van der Waals surface area contributed by atoms with Crippen molar-refractivity contribution in [1.82, 2.24) is 4.90 Å². The molecule has 1 nitrogen and oxygen atoms in total. The standard InChI is InChI=1S/C24H33N/c1-21(24-15-9-4-10-16-24)17-18-25(19-22-11-5-2-6-12-22)20-23-13-7-3-8-14-23/h2-3,5-8,11-14,21,24H,4,9-10,15-20H2,1H3. The molecule has 0 N–H and O–H groups in total. The van der Waals surface area contributed by atoms with Crippen LogP contribution in [-0.2, 0) is 13.1 Å². The van der Waals surface area contributed by atoms with E-state index in [4.69, 9.17) is 0 Å². The molecule has 1 atom stereocenters. The summed E-state index contributed by atoms with van der Waals surface area (Å²) >= 11 is 0. The molecule has 0 amide bonds.